The molecule has 1 fully saturated rings. The molecule has 0 radical (unpaired) electrons. The van der Waals surface area contributed by atoms with E-state index in [0.29, 0.717) is 26.6 Å². The van der Waals surface area contributed by atoms with E-state index >= 15 is 0 Å². The van der Waals surface area contributed by atoms with E-state index in [1.807, 2.05) is 24.3 Å². The van der Waals surface area contributed by atoms with Gasteiger partial charge < -0.3 is 10.1 Å². The molecule has 4 rings (SSSR count). The summed E-state index contributed by atoms with van der Waals surface area (Å²) >= 11 is 12.4. The topological polar surface area (TPSA) is 38.3 Å². The van der Waals surface area contributed by atoms with Crippen molar-refractivity contribution in [3.05, 3.63) is 81.7 Å². The van der Waals surface area contributed by atoms with Crippen LogP contribution in [0.5, 0.6) is 5.75 Å². The summed E-state index contributed by atoms with van der Waals surface area (Å²) in [6.07, 6.45) is 1.75. The molecule has 1 saturated heterocycles. The fourth-order valence-electron chi connectivity index (χ4n) is 2.90. The van der Waals surface area contributed by atoms with Crippen LogP contribution < -0.4 is 10.1 Å². The molecular weight excluding hydrogens is 398 g/mol. The first kappa shape index (κ1) is 18.0. The van der Waals surface area contributed by atoms with Gasteiger partial charge in [-0.2, -0.15) is 0 Å². The second kappa shape index (κ2) is 7.72. The van der Waals surface area contributed by atoms with Gasteiger partial charge in [0, 0.05) is 10.6 Å². The van der Waals surface area contributed by atoms with Gasteiger partial charge in [0.25, 0.3) is 5.91 Å². The van der Waals surface area contributed by atoms with Crippen LogP contribution in [0.15, 0.2) is 65.6 Å². The molecule has 0 aromatic heterocycles. The van der Waals surface area contributed by atoms with Crippen LogP contribution in [0, 0.1) is 0 Å². The van der Waals surface area contributed by atoms with Gasteiger partial charge in [-0.15, -0.1) is 0 Å². The Hall–Kier alpha value is -2.34. The Bertz CT molecular complexity index is 1090. The van der Waals surface area contributed by atoms with Gasteiger partial charge in [-0.25, -0.2) is 0 Å². The number of hydrogen-bond donors (Lipinski definition) is 1. The monoisotopic (exact) mass is 411 g/mol. The summed E-state index contributed by atoms with van der Waals surface area (Å²) in [4.78, 5) is 12.5. The van der Waals surface area contributed by atoms with E-state index in [1.54, 1.807) is 18.2 Å². The lowest BCUT2D eigenvalue weighted by atomic mass is 10.1. The average molecular weight is 412 g/mol. The number of nitrogens with one attached hydrogen (secondary N) is 1. The van der Waals surface area contributed by atoms with E-state index in [0.717, 1.165) is 16.5 Å². The highest BCUT2D eigenvalue weighted by molar-refractivity contribution is 8.26. The van der Waals surface area contributed by atoms with Gasteiger partial charge in [-0.05, 0) is 40.6 Å². The second-order valence-electron chi connectivity index (χ2n) is 5.96. The summed E-state index contributed by atoms with van der Waals surface area (Å²) in [7, 11) is 0. The van der Waals surface area contributed by atoms with Gasteiger partial charge in [0.15, 0.2) is 0 Å². The molecule has 134 valence electrons. The maximum absolute atomic E-state index is 11.9. The van der Waals surface area contributed by atoms with Gasteiger partial charge in [-0.3, -0.25) is 4.79 Å². The minimum absolute atomic E-state index is 0.204. The molecular formula is C21H14ClNO2S2. The summed E-state index contributed by atoms with van der Waals surface area (Å²) in [5.41, 5.74) is 1.83. The first-order chi connectivity index (χ1) is 13.1. The average Bonchev–Trinajstić information content (AvgIpc) is 2.98. The normalized spacial score (nSPS) is 15.4. The summed E-state index contributed by atoms with van der Waals surface area (Å²) in [5.74, 6) is 0.455. The van der Waals surface area contributed by atoms with Crippen molar-refractivity contribution in [1.82, 2.24) is 5.32 Å². The molecule has 1 aliphatic rings. The number of carbonyl (C=O) groups excluding carboxylic acids is 1. The molecule has 0 bridgehead atoms. The van der Waals surface area contributed by atoms with E-state index in [9.17, 15) is 4.79 Å². The van der Waals surface area contributed by atoms with Gasteiger partial charge in [-0.1, -0.05) is 78.0 Å². The summed E-state index contributed by atoms with van der Waals surface area (Å²) in [6.45, 7) is 0.414. The molecule has 0 atom stereocenters. The van der Waals surface area contributed by atoms with E-state index in [4.69, 9.17) is 28.6 Å². The minimum Gasteiger partial charge on any atom is -0.488 e. The fraction of sp³-hybridized carbons (Fsp3) is 0.0476. The Labute approximate surface area is 171 Å². The lowest BCUT2D eigenvalue weighted by Crippen LogP contribution is -2.17. The van der Waals surface area contributed by atoms with Crippen LogP contribution in [-0.2, 0) is 11.4 Å². The lowest BCUT2D eigenvalue weighted by Gasteiger charge is -2.12. The van der Waals surface area contributed by atoms with Crippen LogP contribution in [0.1, 0.15) is 11.1 Å². The van der Waals surface area contributed by atoms with Crippen molar-refractivity contribution in [2.45, 2.75) is 6.61 Å². The van der Waals surface area contributed by atoms with Crippen molar-refractivity contribution in [1.29, 1.82) is 0 Å². The van der Waals surface area contributed by atoms with Crippen molar-refractivity contribution in [2.24, 2.45) is 0 Å². The molecule has 1 heterocycles. The molecule has 0 aliphatic carbocycles. The van der Waals surface area contributed by atoms with Crippen molar-refractivity contribution in [3.8, 4) is 5.75 Å². The van der Waals surface area contributed by atoms with Crippen LogP contribution in [0.3, 0.4) is 0 Å². The number of hydrogen-bond acceptors (Lipinski definition) is 4. The number of benzene rings is 3. The number of thiocarbonyl (C=S) groups is 1. The predicted molar refractivity (Wildman–Crippen MR) is 116 cm³/mol. The first-order valence-electron chi connectivity index (χ1n) is 8.24. The first-order valence-corrected chi connectivity index (χ1v) is 9.84. The number of rotatable bonds is 4. The molecule has 1 N–H and O–H groups in total. The van der Waals surface area contributed by atoms with Gasteiger partial charge in [0.05, 0.1) is 4.91 Å². The van der Waals surface area contributed by atoms with E-state index in [1.165, 1.54) is 17.1 Å². The highest BCUT2D eigenvalue weighted by Gasteiger charge is 2.22. The molecule has 3 aromatic rings. The van der Waals surface area contributed by atoms with E-state index < -0.39 is 0 Å². The number of carbonyl (C=O) groups is 1. The molecule has 3 nitrogen and oxygen atoms in total. The quantitative estimate of drug-likeness (QED) is 0.450. The van der Waals surface area contributed by atoms with Crippen LogP contribution in [0.2, 0.25) is 5.02 Å². The van der Waals surface area contributed by atoms with Gasteiger partial charge in [0.2, 0.25) is 0 Å². The molecule has 3 aromatic carbocycles. The Morgan fingerprint density at radius 3 is 2.74 bits per heavy atom. The van der Waals surface area contributed by atoms with Gasteiger partial charge >= 0.3 is 0 Å². The Kier molecular flexibility index (Phi) is 5.16. The van der Waals surface area contributed by atoms with Crippen molar-refractivity contribution < 1.29 is 9.53 Å². The van der Waals surface area contributed by atoms with E-state index in [-0.39, 0.29) is 5.91 Å². The maximum atomic E-state index is 11.9. The third-order valence-corrected chi connectivity index (χ3v) is 5.56. The number of halogens is 1. The van der Waals surface area contributed by atoms with Gasteiger partial charge in [0.1, 0.15) is 16.7 Å². The Balaban J connectivity index is 1.64. The lowest BCUT2D eigenvalue weighted by molar-refractivity contribution is -0.115. The smallest absolute Gasteiger partial charge is 0.263 e. The molecule has 6 heteroatoms. The maximum Gasteiger partial charge on any atom is 0.263 e. The minimum atomic E-state index is -0.204. The van der Waals surface area contributed by atoms with Crippen LogP contribution >= 0.6 is 35.6 Å². The third-order valence-electron chi connectivity index (χ3n) is 4.16. The molecule has 0 spiro atoms. The zero-order valence-corrected chi connectivity index (χ0v) is 16.5. The van der Waals surface area contributed by atoms with Crippen LogP contribution in [-0.4, -0.2) is 10.2 Å². The van der Waals surface area contributed by atoms with Crippen molar-refractivity contribution >= 4 is 62.7 Å². The fourth-order valence-corrected chi connectivity index (χ4v) is 4.12. The zero-order chi connectivity index (χ0) is 18.8. The Morgan fingerprint density at radius 1 is 1.11 bits per heavy atom. The number of fused-ring (bicyclic) bond motifs is 1. The third kappa shape index (κ3) is 4.00. The molecule has 1 aliphatic heterocycles. The summed E-state index contributed by atoms with van der Waals surface area (Å²) in [6, 6.07) is 19.7. The van der Waals surface area contributed by atoms with E-state index in [2.05, 4.69) is 29.6 Å². The highest BCUT2D eigenvalue weighted by atomic mass is 35.5. The largest absolute Gasteiger partial charge is 0.488 e. The number of ether oxygens (including phenoxy) is 1. The summed E-state index contributed by atoms with van der Waals surface area (Å²) < 4.78 is 6.53. The van der Waals surface area contributed by atoms with Crippen LogP contribution in [0.25, 0.3) is 16.8 Å². The standard InChI is InChI=1S/C21H14ClNO2S2/c22-16-8-9-18(15(10-16)11-19-20(24)23-21(26)27-19)25-12-14-6-3-5-13-4-1-2-7-17(13)14/h1-11H,12H2,(H,23,24,26)/b19-11-. The molecule has 27 heavy (non-hydrogen) atoms. The molecule has 1 amide bonds. The SMILES string of the molecule is O=C1NC(=S)S/C1=C\c1cc(Cl)ccc1OCc1cccc2ccccc12. The number of amides is 1. The van der Waals surface area contributed by atoms with Crippen molar-refractivity contribution in [2.75, 3.05) is 0 Å². The number of thioether (sulfide) groups is 1. The highest BCUT2D eigenvalue weighted by Crippen LogP contribution is 2.31. The zero-order valence-electron chi connectivity index (χ0n) is 14.1. The second-order valence-corrected chi connectivity index (χ2v) is 8.12. The van der Waals surface area contributed by atoms with Crippen LogP contribution in [0.4, 0.5) is 0 Å². The molecule has 0 unspecified atom stereocenters. The molecule has 0 saturated carbocycles. The predicted octanol–water partition coefficient (Wildman–Crippen LogP) is 5.56. The summed E-state index contributed by atoms with van der Waals surface area (Å²) in [5, 5.41) is 5.52. The Morgan fingerprint density at radius 2 is 1.93 bits per heavy atom. The van der Waals surface area contributed by atoms with Crippen molar-refractivity contribution in [3.63, 3.8) is 0 Å².